The van der Waals surface area contributed by atoms with E-state index in [1.54, 1.807) is 12.1 Å². The van der Waals surface area contributed by atoms with E-state index >= 15 is 0 Å². The summed E-state index contributed by atoms with van der Waals surface area (Å²) >= 11 is 3.64. The number of fused-ring (bicyclic) bond motifs is 2. The number of alkyl halides is 1. The van der Waals surface area contributed by atoms with Crippen molar-refractivity contribution in [2.75, 3.05) is 0 Å². The van der Waals surface area contributed by atoms with Crippen molar-refractivity contribution in [2.24, 2.45) is 0 Å². The molecule has 2 aliphatic carbocycles. The Bertz CT molecular complexity index is 1870. The molecule has 1 unspecified atom stereocenters. The number of aliphatic hydroxyl groups is 1. The van der Waals surface area contributed by atoms with Crippen LogP contribution < -0.4 is 0 Å². The average molecular weight is 753 g/mol. The van der Waals surface area contributed by atoms with E-state index in [9.17, 15) is 13.9 Å². The standard InChI is InChI=1S/C19H15BrFN.C19H16FNO.H3OP.V/c20-11-16-18(12-7-9-14(21)10-8-12)15-3-1-2-4-17(15)22-19(16)13-5-6-13;20-14-9-7-12(8-10-14)18-15-3-1-2-4-17(15)21-19(13-5-6-13)16(18)11-22;1-2;/h1-4,7-10,13H,5-6,11H2;1-4,7-10,13,22H,5-6,11H2;1H,2H2;/i;;2T;. The molecule has 2 aromatic heterocycles. The van der Waals surface area contributed by atoms with E-state index in [0.29, 0.717) is 11.8 Å². The summed E-state index contributed by atoms with van der Waals surface area (Å²) in [6.45, 7) is -0.0453. The maximum absolute atomic E-state index is 13.3. The van der Waals surface area contributed by atoms with Gasteiger partial charge in [-0.3, -0.25) is 9.97 Å². The van der Waals surface area contributed by atoms with Crippen LogP contribution in [0.15, 0.2) is 97.1 Å². The van der Waals surface area contributed by atoms with E-state index in [4.69, 9.17) is 16.1 Å². The summed E-state index contributed by atoms with van der Waals surface area (Å²) in [5, 5.41) is 12.8. The molecule has 8 rings (SSSR count). The number of para-hydroxylation sites is 2. The molecular formula is C38H34BrF2N2O2PV. The van der Waals surface area contributed by atoms with Gasteiger partial charge in [-0.2, -0.15) is 0 Å². The van der Waals surface area contributed by atoms with Gasteiger partial charge >= 0.3 is 0 Å². The number of hydrogen-bond donors (Lipinski definition) is 2. The van der Waals surface area contributed by atoms with Gasteiger partial charge in [-0.05, 0) is 99.3 Å². The minimum atomic E-state index is -0.667. The molecule has 4 nitrogen and oxygen atoms in total. The van der Waals surface area contributed by atoms with Gasteiger partial charge in [-0.1, -0.05) is 76.6 Å². The summed E-state index contributed by atoms with van der Waals surface area (Å²) < 4.78 is 32.3. The molecule has 2 fully saturated rings. The van der Waals surface area contributed by atoms with E-state index in [1.165, 1.54) is 53.9 Å². The van der Waals surface area contributed by atoms with Crippen LogP contribution in [0.5, 0.6) is 0 Å². The van der Waals surface area contributed by atoms with Crippen LogP contribution >= 0.6 is 25.3 Å². The number of halogens is 3. The van der Waals surface area contributed by atoms with Crippen molar-refractivity contribution in [3.8, 4) is 22.3 Å². The summed E-state index contributed by atoms with van der Waals surface area (Å²) in [6.07, 6.45) is 4.69. The molecule has 9 heteroatoms. The van der Waals surface area contributed by atoms with E-state index < -0.39 is 9.41 Å². The summed E-state index contributed by atoms with van der Waals surface area (Å²) in [5.41, 5.74) is 10.4. The molecule has 2 N–H and O–H groups in total. The van der Waals surface area contributed by atoms with Crippen molar-refractivity contribution in [2.45, 2.75) is 49.5 Å². The van der Waals surface area contributed by atoms with Gasteiger partial charge in [-0.25, -0.2) is 8.78 Å². The first kappa shape index (κ1) is 33.9. The summed E-state index contributed by atoms with van der Waals surface area (Å²) in [4.78, 5) is 16.9. The summed E-state index contributed by atoms with van der Waals surface area (Å²) in [5.74, 6) is 0.572. The largest absolute Gasteiger partial charge is 0.392 e. The Morgan fingerprint density at radius 1 is 0.681 bits per heavy atom. The second-order valence-corrected chi connectivity index (χ2v) is 12.2. The molecule has 47 heavy (non-hydrogen) atoms. The van der Waals surface area contributed by atoms with Gasteiger partial charge in [-0.15, -0.1) is 0 Å². The maximum Gasteiger partial charge on any atom is 0.123 e. The minimum absolute atomic E-state index is 0. The normalized spacial score (nSPS) is 14.2. The number of nitrogens with zero attached hydrogens (tertiary/aromatic N) is 2. The molecule has 0 bridgehead atoms. The van der Waals surface area contributed by atoms with E-state index in [0.717, 1.165) is 67.9 Å². The zero-order valence-corrected chi connectivity index (χ0v) is 29.5. The molecule has 0 saturated heterocycles. The predicted octanol–water partition coefficient (Wildman–Crippen LogP) is 9.99. The second-order valence-electron chi connectivity index (χ2n) is 11.6. The number of pyridine rings is 2. The van der Waals surface area contributed by atoms with Gasteiger partial charge in [0.1, 0.15) is 11.6 Å². The number of benzene rings is 4. The zero-order chi connectivity index (χ0) is 32.9. The number of aromatic nitrogens is 2. The van der Waals surface area contributed by atoms with Crippen molar-refractivity contribution >= 4 is 47.1 Å². The van der Waals surface area contributed by atoms with Gasteiger partial charge in [0.25, 0.3) is 0 Å². The van der Waals surface area contributed by atoms with Crippen LogP contribution in [0, 0.1) is 11.6 Å². The van der Waals surface area contributed by atoms with Crippen LogP contribution in [-0.2, 0) is 30.5 Å². The zero-order valence-electron chi connectivity index (χ0n) is 26.5. The molecule has 1 radical (unpaired) electrons. The smallest absolute Gasteiger partial charge is 0.123 e. The van der Waals surface area contributed by atoms with Crippen LogP contribution in [0.3, 0.4) is 0 Å². The van der Waals surface area contributed by atoms with Gasteiger partial charge < -0.3 is 10.00 Å². The minimum Gasteiger partial charge on any atom is -0.392 e. The fourth-order valence-corrected chi connectivity index (χ4v) is 6.69. The van der Waals surface area contributed by atoms with E-state index in [2.05, 4.69) is 28.1 Å². The molecule has 2 saturated carbocycles. The predicted molar refractivity (Wildman–Crippen MR) is 189 cm³/mol. The fourth-order valence-electron chi connectivity index (χ4n) is 6.12. The van der Waals surface area contributed by atoms with Crippen molar-refractivity contribution in [1.82, 2.24) is 9.97 Å². The van der Waals surface area contributed by atoms with Gasteiger partial charge in [0, 0.05) is 57.8 Å². The molecule has 6 aromatic rings. The van der Waals surface area contributed by atoms with Crippen LogP contribution in [0.4, 0.5) is 8.78 Å². The fraction of sp³-hybridized carbons (Fsp3) is 0.211. The molecule has 0 amide bonds. The molecule has 0 spiro atoms. The Morgan fingerprint density at radius 2 is 1.06 bits per heavy atom. The second kappa shape index (κ2) is 15.9. The number of aliphatic hydroxyl groups excluding tert-OH is 1. The Hall–Kier alpha value is -3.03. The third-order valence-corrected chi connectivity index (χ3v) is 9.10. The molecule has 2 aliphatic rings. The van der Waals surface area contributed by atoms with Crippen molar-refractivity contribution in [3.63, 3.8) is 0 Å². The van der Waals surface area contributed by atoms with Gasteiger partial charge in [0.15, 0.2) is 0 Å². The molecule has 2 heterocycles. The molecule has 1 atom stereocenters. The van der Waals surface area contributed by atoms with Gasteiger partial charge in [0.05, 0.1) is 24.6 Å². The molecule has 239 valence electrons. The molecule has 0 aliphatic heterocycles. The third kappa shape index (κ3) is 7.67. The van der Waals surface area contributed by atoms with Crippen LogP contribution in [0.25, 0.3) is 44.1 Å². The SMILES string of the molecule is Fc1ccc(-c2c(CBr)c(C3CC3)nc3ccccc23)cc1.OCc1c(C2CC2)nc2ccccc2c1-c1ccc(F)cc1.[3H]PO.[V]. The van der Waals surface area contributed by atoms with Crippen molar-refractivity contribution in [1.29, 1.82) is 1.28 Å². The first-order chi connectivity index (χ1) is 23.0. The van der Waals surface area contributed by atoms with E-state index in [-0.39, 0.29) is 36.8 Å². The summed E-state index contributed by atoms with van der Waals surface area (Å²) in [6, 6.07) is 29.4. The first-order valence-corrected chi connectivity index (χ1v) is 16.9. The topological polar surface area (TPSA) is 66.2 Å². The quantitative estimate of drug-likeness (QED) is 0.131. The third-order valence-electron chi connectivity index (χ3n) is 8.54. The average Bonchev–Trinajstić information content (AvgIpc) is 4.03. The van der Waals surface area contributed by atoms with Gasteiger partial charge in [0.2, 0.25) is 0 Å². The molecular weight excluding hydrogens is 716 g/mol. The Morgan fingerprint density at radius 3 is 1.45 bits per heavy atom. The molecule has 4 aromatic carbocycles. The van der Waals surface area contributed by atoms with Crippen LogP contribution in [0.2, 0.25) is 0 Å². The number of hydrogen-bond acceptors (Lipinski definition) is 4. The van der Waals surface area contributed by atoms with Crippen molar-refractivity contribution < 1.29 is 37.3 Å². The Kier molecular flexibility index (Phi) is 11.5. The Labute approximate surface area is 297 Å². The number of rotatable bonds is 6. The van der Waals surface area contributed by atoms with Crippen molar-refractivity contribution in [3.05, 3.63) is 131 Å². The first-order valence-electron chi connectivity index (χ1n) is 15.8. The summed E-state index contributed by atoms with van der Waals surface area (Å²) in [7, 11) is -0.667. The maximum atomic E-state index is 13.3. The Balaban J connectivity index is 0.000000171. The monoisotopic (exact) mass is 751 g/mol. The van der Waals surface area contributed by atoms with Crippen LogP contribution in [0.1, 0.15) is 60.0 Å². The van der Waals surface area contributed by atoms with Crippen LogP contribution in [-0.4, -0.2) is 21.2 Å². The van der Waals surface area contributed by atoms with E-state index in [1.807, 2.05) is 48.5 Å².